The predicted molar refractivity (Wildman–Crippen MR) is 98.7 cm³/mol. The average Bonchev–Trinajstić information content (AvgIpc) is 2.61. The summed E-state index contributed by atoms with van der Waals surface area (Å²) in [6.07, 6.45) is 5.25. The first-order chi connectivity index (χ1) is 12.1. The Bertz CT molecular complexity index is 784. The molecule has 2 unspecified atom stereocenters. The van der Waals surface area contributed by atoms with Crippen molar-refractivity contribution in [3.05, 3.63) is 46.2 Å². The van der Waals surface area contributed by atoms with Crippen LogP contribution in [0.15, 0.2) is 35.1 Å². The molecule has 2 aromatic rings. The number of carbonyl (C=O) groups excluding carboxylic acids is 1. The molecule has 0 spiro atoms. The number of ether oxygens (including phenoxy) is 1. The highest BCUT2D eigenvalue weighted by atomic mass is 16.5. The van der Waals surface area contributed by atoms with Crippen LogP contribution in [-0.2, 0) is 16.0 Å². The van der Waals surface area contributed by atoms with Crippen molar-refractivity contribution in [2.75, 3.05) is 13.2 Å². The van der Waals surface area contributed by atoms with E-state index in [1.807, 2.05) is 24.3 Å². The Balaban J connectivity index is 1.48. The van der Waals surface area contributed by atoms with Gasteiger partial charge in [-0.15, -0.1) is 0 Å². The number of nitrogens with one attached hydrogen (secondary N) is 2. The number of para-hydroxylation sites is 1. The highest BCUT2D eigenvalue weighted by Gasteiger charge is 2.21. The molecule has 2 N–H and O–H groups in total. The number of aromatic amines is 1. The SMILES string of the molecule is CC1CCCCC1OCCNC(=O)Cc1cc2ccccc2[nH]c1=O. The van der Waals surface area contributed by atoms with E-state index in [1.165, 1.54) is 19.3 Å². The maximum absolute atomic E-state index is 12.1. The van der Waals surface area contributed by atoms with Crippen molar-refractivity contribution in [1.29, 1.82) is 0 Å². The maximum atomic E-state index is 12.1. The molecule has 1 aromatic carbocycles. The standard InChI is InChI=1S/C20H26N2O3/c1-14-6-2-5-9-18(14)25-11-10-21-19(23)13-16-12-15-7-3-4-8-17(15)22-20(16)24/h3-4,7-8,12,14,18H,2,5-6,9-11,13H2,1H3,(H,21,23)(H,22,24). The minimum Gasteiger partial charge on any atom is -0.376 e. The first kappa shape index (κ1) is 17.7. The molecular weight excluding hydrogens is 316 g/mol. The number of rotatable bonds is 6. The largest absolute Gasteiger partial charge is 0.376 e. The second kappa shape index (κ2) is 8.30. The highest BCUT2D eigenvalue weighted by Crippen LogP contribution is 2.25. The molecule has 1 aliphatic rings. The molecule has 1 fully saturated rings. The molecule has 25 heavy (non-hydrogen) atoms. The molecule has 1 heterocycles. The molecule has 1 saturated carbocycles. The molecule has 134 valence electrons. The molecule has 5 nitrogen and oxygen atoms in total. The van der Waals surface area contributed by atoms with Crippen molar-refractivity contribution >= 4 is 16.8 Å². The van der Waals surface area contributed by atoms with Gasteiger partial charge in [-0.05, 0) is 36.3 Å². The summed E-state index contributed by atoms with van der Waals surface area (Å²) < 4.78 is 5.89. The van der Waals surface area contributed by atoms with Crippen LogP contribution in [0.1, 0.15) is 38.2 Å². The summed E-state index contributed by atoms with van der Waals surface area (Å²) in [6.45, 7) is 3.23. The van der Waals surface area contributed by atoms with Gasteiger partial charge in [-0.1, -0.05) is 38.0 Å². The van der Waals surface area contributed by atoms with Gasteiger partial charge < -0.3 is 15.0 Å². The lowest BCUT2D eigenvalue weighted by atomic mass is 9.88. The molecule has 5 heteroatoms. The number of H-pyrrole nitrogens is 1. The van der Waals surface area contributed by atoms with Crippen LogP contribution in [0, 0.1) is 5.92 Å². The monoisotopic (exact) mass is 342 g/mol. The third-order valence-electron chi connectivity index (χ3n) is 4.97. The van der Waals surface area contributed by atoms with Gasteiger partial charge in [0.05, 0.1) is 19.1 Å². The number of fused-ring (bicyclic) bond motifs is 1. The average molecular weight is 342 g/mol. The van der Waals surface area contributed by atoms with Crippen LogP contribution in [0.4, 0.5) is 0 Å². The number of hydrogen-bond acceptors (Lipinski definition) is 3. The summed E-state index contributed by atoms with van der Waals surface area (Å²) >= 11 is 0. The summed E-state index contributed by atoms with van der Waals surface area (Å²) in [6, 6.07) is 9.34. The van der Waals surface area contributed by atoms with Crippen molar-refractivity contribution in [3.8, 4) is 0 Å². The van der Waals surface area contributed by atoms with Crippen molar-refractivity contribution in [1.82, 2.24) is 10.3 Å². The van der Waals surface area contributed by atoms with E-state index in [0.29, 0.717) is 30.7 Å². The number of amides is 1. The Morgan fingerprint density at radius 2 is 2.08 bits per heavy atom. The lowest BCUT2D eigenvalue weighted by Gasteiger charge is -2.28. The minimum atomic E-state index is -0.207. The number of pyridine rings is 1. The molecule has 3 rings (SSSR count). The van der Waals surface area contributed by atoms with E-state index in [1.54, 1.807) is 6.07 Å². The van der Waals surface area contributed by atoms with E-state index in [2.05, 4.69) is 17.2 Å². The molecule has 0 radical (unpaired) electrons. The Morgan fingerprint density at radius 3 is 2.92 bits per heavy atom. The summed E-state index contributed by atoms with van der Waals surface area (Å²) in [5.41, 5.74) is 1.06. The first-order valence-corrected chi connectivity index (χ1v) is 9.13. The summed E-state index contributed by atoms with van der Waals surface area (Å²) in [7, 11) is 0. The van der Waals surface area contributed by atoms with Crippen molar-refractivity contribution < 1.29 is 9.53 Å². The quantitative estimate of drug-likeness (QED) is 0.793. The molecule has 1 amide bonds. The fraction of sp³-hybridized carbons (Fsp3) is 0.500. The lowest BCUT2D eigenvalue weighted by molar-refractivity contribution is -0.120. The summed E-state index contributed by atoms with van der Waals surface area (Å²) in [5.74, 6) is 0.446. The highest BCUT2D eigenvalue weighted by molar-refractivity contribution is 5.82. The zero-order valence-corrected chi connectivity index (χ0v) is 14.7. The van der Waals surface area contributed by atoms with Gasteiger partial charge in [0.25, 0.3) is 5.56 Å². The fourth-order valence-corrected chi connectivity index (χ4v) is 3.49. The Hall–Kier alpha value is -2.14. The van der Waals surface area contributed by atoms with Crippen molar-refractivity contribution in [3.63, 3.8) is 0 Å². The molecule has 0 aliphatic heterocycles. The van der Waals surface area contributed by atoms with Crippen LogP contribution >= 0.6 is 0 Å². The predicted octanol–water partition coefficient (Wildman–Crippen LogP) is 2.78. The topological polar surface area (TPSA) is 71.2 Å². The molecular formula is C20H26N2O3. The molecule has 0 bridgehead atoms. The normalized spacial score (nSPS) is 20.5. The van der Waals surface area contributed by atoms with E-state index in [9.17, 15) is 9.59 Å². The van der Waals surface area contributed by atoms with E-state index < -0.39 is 0 Å². The molecule has 0 saturated heterocycles. The number of aromatic nitrogens is 1. The number of hydrogen-bond donors (Lipinski definition) is 2. The van der Waals surface area contributed by atoms with Crippen molar-refractivity contribution in [2.45, 2.75) is 45.1 Å². The summed E-state index contributed by atoms with van der Waals surface area (Å²) in [5, 5.41) is 3.77. The lowest BCUT2D eigenvalue weighted by Crippen LogP contribution is -2.33. The fourth-order valence-electron chi connectivity index (χ4n) is 3.49. The number of carbonyl (C=O) groups is 1. The van der Waals surface area contributed by atoms with E-state index in [4.69, 9.17) is 4.74 Å². The van der Waals surface area contributed by atoms with Gasteiger partial charge in [-0.25, -0.2) is 0 Å². The van der Waals surface area contributed by atoms with Gasteiger partial charge in [0, 0.05) is 17.6 Å². The molecule has 2 atom stereocenters. The van der Waals surface area contributed by atoms with Gasteiger partial charge in [0.15, 0.2) is 0 Å². The van der Waals surface area contributed by atoms with Crippen molar-refractivity contribution in [2.24, 2.45) is 5.92 Å². The van der Waals surface area contributed by atoms with Crippen LogP contribution in [0.2, 0.25) is 0 Å². The molecule has 1 aromatic heterocycles. The number of benzene rings is 1. The summed E-state index contributed by atoms with van der Waals surface area (Å²) in [4.78, 5) is 27.0. The van der Waals surface area contributed by atoms with Gasteiger partial charge in [-0.3, -0.25) is 9.59 Å². The Labute approximate surface area is 147 Å². The second-order valence-corrected chi connectivity index (χ2v) is 6.91. The third-order valence-corrected chi connectivity index (χ3v) is 4.97. The smallest absolute Gasteiger partial charge is 0.252 e. The maximum Gasteiger partial charge on any atom is 0.252 e. The zero-order valence-electron chi connectivity index (χ0n) is 14.7. The Kier molecular flexibility index (Phi) is 5.87. The van der Waals surface area contributed by atoms with E-state index >= 15 is 0 Å². The van der Waals surface area contributed by atoms with Gasteiger partial charge in [-0.2, -0.15) is 0 Å². The second-order valence-electron chi connectivity index (χ2n) is 6.91. The minimum absolute atomic E-state index is 0.0833. The van der Waals surface area contributed by atoms with Crippen LogP contribution in [-0.4, -0.2) is 30.1 Å². The third kappa shape index (κ3) is 4.69. The van der Waals surface area contributed by atoms with Gasteiger partial charge in [0.2, 0.25) is 5.91 Å². The van der Waals surface area contributed by atoms with E-state index in [-0.39, 0.29) is 17.9 Å². The van der Waals surface area contributed by atoms with Crippen LogP contribution in [0.3, 0.4) is 0 Å². The van der Waals surface area contributed by atoms with Gasteiger partial charge in [0.1, 0.15) is 0 Å². The van der Waals surface area contributed by atoms with Crippen LogP contribution < -0.4 is 10.9 Å². The van der Waals surface area contributed by atoms with Gasteiger partial charge >= 0.3 is 0 Å². The van der Waals surface area contributed by atoms with Crippen LogP contribution in [0.25, 0.3) is 10.9 Å². The molecule has 1 aliphatic carbocycles. The van der Waals surface area contributed by atoms with E-state index in [0.717, 1.165) is 17.3 Å². The zero-order chi connectivity index (χ0) is 17.6. The Morgan fingerprint density at radius 1 is 1.28 bits per heavy atom. The first-order valence-electron chi connectivity index (χ1n) is 9.13. The van der Waals surface area contributed by atoms with Crippen LogP contribution in [0.5, 0.6) is 0 Å².